The number of aliphatic hydroxyl groups excluding tert-OH is 3. The van der Waals surface area contributed by atoms with Crippen LogP contribution in [-0.4, -0.2) is 56.3 Å². The van der Waals surface area contributed by atoms with Gasteiger partial charge in [-0.3, -0.25) is 0 Å². The fourth-order valence-corrected chi connectivity index (χ4v) is 2.44. The first-order valence-corrected chi connectivity index (χ1v) is 7.45. The number of benzene rings is 1. The molecule has 5 atom stereocenters. The molecule has 1 aromatic rings. The third-order valence-corrected chi connectivity index (χ3v) is 3.71. The Balaban J connectivity index is 2.04. The first-order chi connectivity index (χ1) is 10.0. The van der Waals surface area contributed by atoms with Crippen molar-refractivity contribution in [1.29, 1.82) is 0 Å². The molecule has 1 fully saturated rings. The molecule has 6 N–H and O–H groups in total. The average molecular weight is 317 g/mol. The highest BCUT2D eigenvalue weighted by Gasteiger charge is 2.44. The molecule has 0 saturated carbocycles. The molecule has 0 radical (unpaired) electrons. The third kappa shape index (κ3) is 4.00. The number of nitrogen functional groups attached to an aromatic ring is 1. The van der Waals surface area contributed by atoms with Gasteiger partial charge >= 0.3 is 0 Å². The molecule has 118 valence electrons. The van der Waals surface area contributed by atoms with E-state index in [1.165, 1.54) is 0 Å². The fourth-order valence-electron chi connectivity index (χ4n) is 2.10. The summed E-state index contributed by atoms with van der Waals surface area (Å²) in [5.41, 5.74) is 6.14. The van der Waals surface area contributed by atoms with E-state index >= 15 is 0 Å². The summed E-state index contributed by atoms with van der Waals surface area (Å²) in [5, 5.41) is 29.6. The van der Waals surface area contributed by atoms with Crippen LogP contribution in [0.15, 0.2) is 24.3 Å². The van der Waals surface area contributed by atoms with Crippen molar-refractivity contribution in [2.45, 2.75) is 37.1 Å². The molecule has 7 nitrogen and oxygen atoms in total. The van der Waals surface area contributed by atoms with Crippen LogP contribution < -0.4 is 10.5 Å². The smallest absolute Gasteiger partial charge is 0.229 e. The SMILES string of the molecule is Nc1ccc(O[C@H]2OC(CCSO)[C@@H](O)C(O)C2O)cc1. The van der Waals surface area contributed by atoms with Crippen LogP contribution in [0.5, 0.6) is 5.75 Å². The molecule has 0 bridgehead atoms. The van der Waals surface area contributed by atoms with Crippen molar-refractivity contribution in [3.05, 3.63) is 24.3 Å². The zero-order chi connectivity index (χ0) is 15.4. The van der Waals surface area contributed by atoms with Gasteiger partial charge in [0.2, 0.25) is 6.29 Å². The van der Waals surface area contributed by atoms with Crippen LogP contribution >= 0.6 is 12.0 Å². The lowest BCUT2D eigenvalue weighted by molar-refractivity contribution is -0.272. The van der Waals surface area contributed by atoms with E-state index in [0.717, 1.165) is 0 Å². The Labute approximate surface area is 126 Å². The van der Waals surface area contributed by atoms with E-state index in [9.17, 15) is 15.3 Å². The third-order valence-electron chi connectivity index (χ3n) is 3.29. The van der Waals surface area contributed by atoms with Gasteiger partial charge in [-0.1, -0.05) is 0 Å². The molecule has 8 heteroatoms. The Kier molecular flexibility index (Phi) is 5.68. The van der Waals surface area contributed by atoms with Gasteiger partial charge in [0.1, 0.15) is 24.1 Å². The van der Waals surface area contributed by atoms with E-state index in [4.69, 9.17) is 19.8 Å². The number of anilines is 1. The molecule has 0 aliphatic carbocycles. The van der Waals surface area contributed by atoms with E-state index in [1.54, 1.807) is 24.3 Å². The summed E-state index contributed by atoms with van der Waals surface area (Å²) in [5.74, 6) is 0.756. The Hall–Kier alpha value is -1.03. The second kappa shape index (κ2) is 7.30. The van der Waals surface area contributed by atoms with Gasteiger partial charge in [-0.2, -0.15) is 0 Å². The summed E-state index contributed by atoms with van der Waals surface area (Å²) in [4.78, 5) is 0. The van der Waals surface area contributed by atoms with Crippen LogP contribution in [0.1, 0.15) is 6.42 Å². The highest BCUT2D eigenvalue weighted by atomic mass is 32.2. The molecule has 1 heterocycles. The van der Waals surface area contributed by atoms with Gasteiger partial charge in [-0.15, -0.1) is 0 Å². The number of rotatable bonds is 5. The van der Waals surface area contributed by atoms with E-state index in [2.05, 4.69) is 0 Å². The van der Waals surface area contributed by atoms with Crippen molar-refractivity contribution >= 4 is 17.7 Å². The van der Waals surface area contributed by atoms with Crippen LogP contribution in [0.25, 0.3) is 0 Å². The number of hydrogen-bond acceptors (Lipinski definition) is 8. The van der Waals surface area contributed by atoms with Crippen LogP contribution in [0.2, 0.25) is 0 Å². The first-order valence-electron chi connectivity index (χ1n) is 6.51. The van der Waals surface area contributed by atoms with E-state index < -0.39 is 30.7 Å². The maximum atomic E-state index is 9.93. The molecular formula is C13H19NO6S. The molecule has 1 aliphatic rings. The van der Waals surface area contributed by atoms with Crippen LogP contribution in [0, 0.1) is 0 Å². The van der Waals surface area contributed by atoms with Crippen LogP contribution in [0.4, 0.5) is 5.69 Å². The zero-order valence-electron chi connectivity index (χ0n) is 11.2. The predicted molar refractivity (Wildman–Crippen MR) is 77.9 cm³/mol. The molecular weight excluding hydrogens is 298 g/mol. The molecule has 1 saturated heterocycles. The lowest BCUT2D eigenvalue weighted by Gasteiger charge is -2.40. The largest absolute Gasteiger partial charge is 0.462 e. The summed E-state index contributed by atoms with van der Waals surface area (Å²) in [6.07, 6.45) is -5.53. The highest BCUT2D eigenvalue weighted by molar-refractivity contribution is 7.93. The van der Waals surface area contributed by atoms with Gasteiger partial charge in [0.15, 0.2) is 0 Å². The van der Waals surface area contributed by atoms with Crippen molar-refractivity contribution in [1.82, 2.24) is 0 Å². The predicted octanol–water partition coefficient (Wildman–Crippen LogP) is 0.0515. The van der Waals surface area contributed by atoms with Gasteiger partial charge in [-0.25, -0.2) is 0 Å². The normalized spacial score (nSPS) is 32.9. The minimum absolute atomic E-state index is 0.313. The van der Waals surface area contributed by atoms with Crippen molar-refractivity contribution in [2.24, 2.45) is 0 Å². The van der Waals surface area contributed by atoms with Crippen molar-refractivity contribution in [3.63, 3.8) is 0 Å². The van der Waals surface area contributed by atoms with Crippen molar-refractivity contribution in [2.75, 3.05) is 11.5 Å². The Morgan fingerprint density at radius 2 is 1.76 bits per heavy atom. The number of aliphatic hydroxyl groups is 3. The average Bonchev–Trinajstić information content (AvgIpc) is 2.49. The summed E-state index contributed by atoms with van der Waals surface area (Å²) < 4.78 is 19.7. The molecule has 0 spiro atoms. The molecule has 1 aromatic carbocycles. The fraction of sp³-hybridized carbons (Fsp3) is 0.538. The minimum atomic E-state index is -1.38. The summed E-state index contributed by atoms with van der Waals surface area (Å²) in [6, 6.07) is 6.49. The molecule has 2 rings (SSSR count). The van der Waals surface area contributed by atoms with Crippen LogP contribution in [0.3, 0.4) is 0 Å². The first kappa shape index (κ1) is 16.3. The maximum absolute atomic E-state index is 9.93. The molecule has 1 aliphatic heterocycles. The molecule has 3 unspecified atom stereocenters. The van der Waals surface area contributed by atoms with Gasteiger partial charge in [0.05, 0.1) is 6.10 Å². The second-order valence-corrected chi connectivity index (χ2v) is 5.49. The number of nitrogens with two attached hydrogens (primary N) is 1. The quantitative estimate of drug-likeness (QED) is 0.381. The molecule has 21 heavy (non-hydrogen) atoms. The standard InChI is InChI=1S/C13H19NO6S/c14-7-1-3-8(4-2-7)19-13-12(17)11(16)10(15)9(20-13)5-6-21-18/h1-4,9-13,15-18H,5-6,14H2/t9?,10-,11?,12?,13+/m1/s1. The molecule has 0 amide bonds. The topological polar surface area (TPSA) is 125 Å². The van der Waals surface area contributed by atoms with Gasteiger partial charge in [-0.05, 0) is 42.7 Å². The van der Waals surface area contributed by atoms with Gasteiger partial charge in [0, 0.05) is 11.4 Å². The van der Waals surface area contributed by atoms with Crippen molar-refractivity contribution in [3.8, 4) is 5.75 Å². The summed E-state index contributed by atoms with van der Waals surface area (Å²) in [6.45, 7) is 0. The zero-order valence-corrected chi connectivity index (χ0v) is 12.0. The molecule has 0 aromatic heterocycles. The maximum Gasteiger partial charge on any atom is 0.229 e. The Morgan fingerprint density at radius 1 is 1.10 bits per heavy atom. The Morgan fingerprint density at radius 3 is 2.38 bits per heavy atom. The number of ether oxygens (including phenoxy) is 2. The lowest BCUT2D eigenvalue weighted by Crippen LogP contribution is -2.59. The monoisotopic (exact) mass is 317 g/mol. The van der Waals surface area contributed by atoms with Crippen molar-refractivity contribution < 1.29 is 29.3 Å². The summed E-state index contributed by atoms with van der Waals surface area (Å²) >= 11 is 0.616. The van der Waals surface area contributed by atoms with Gasteiger partial charge in [0.25, 0.3) is 0 Å². The highest BCUT2D eigenvalue weighted by Crippen LogP contribution is 2.26. The number of hydrogen-bond donors (Lipinski definition) is 5. The van der Waals surface area contributed by atoms with E-state index in [-0.39, 0.29) is 0 Å². The van der Waals surface area contributed by atoms with Gasteiger partial charge < -0.3 is 35.1 Å². The summed E-state index contributed by atoms with van der Waals surface area (Å²) in [7, 11) is 0. The lowest BCUT2D eigenvalue weighted by atomic mass is 9.97. The minimum Gasteiger partial charge on any atom is -0.462 e. The van der Waals surface area contributed by atoms with E-state index in [0.29, 0.717) is 35.7 Å². The van der Waals surface area contributed by atoms with E-state index in [1.807, 2.05) is 0 Å². The van der Waals surface area contributed by atoms with Crippen LogP contribution in [-0.2, 0) is 4.74 Å². The Bertz CT molecular complexity index is 445. The second-order valence-electron chi connectivity index (χ2n) is 4.82.